The minimum absolute atomic E-state index is 0.265. The number of carbonyl (C=O) groups excluding carboxylic acids is 1. The second kappa shape index (κ2) is 6.42. The van der Waals surface area contributed by atoms with Crippen molar-refractivity contribution in [1.82, 2.24) is 14.8 Å². The van der Waals surface area contributed by atoms with Crippen LogP contribution in [0.5, 0.6) is 0 Å². The van der Waals surface area contributed by atoms with Crippen LogP contribution in [0.4, 0.5) is 5.95 Å². The first-order chi connectivity index (χ1) is 9.63. The fraction of sp³-hybridized carbons (Fsp3) is 0.308. The topological polar surface area (TPSA) is 83.0 Å². The van der Waals surface area contributed by atoms with Crippen LogP contribution in [0.1, 0.15) is 11.5 Å². The minimum atomic E-state index is -0.343. The molecule has 0 amide bonds. The van der Waals surface area contributed by atoms with Crippen molar-refractivity contribution in [2.75, 3.05) is 18.6 Å². The Bertz CT molecular complexity index is 585. The summed E-state index contributed by atoms with van der Waals surface area (Å²) in [4.78, 5) is 11.9. The van der Waals surface area contributed by atoms with Crippen LogP contribution in [0.25, 0.3) is 0 Å². The number of anilines is 1. The summed E-state index contributed by atoms with van der Waals surface area (Å²) in [6, 6.07) is 9.53. The van der Waals surface area contributed by atoms with Crippen LogP contribution in [-0.4, -0.2) is 33.6 Å². The van der Waals surface area contributed by atoms with E-state index in [-0.39, 0.29) is 11.9 Å². The molecule has 0 saturated carbocycles. The van der Waals surface area contributed by atoms with E-state index in [0.29, 0.717) is 16.9 Å². The molecular weight excluding hydrogens is 276 g/mol. The van der Waals surface area contributed by atoms with Gasteiger partial charge in [0.25, 0.3) is 0 Å². The Hall–Kier alpha value is -2.02. The molecule has 2 rings (SSSR count). The SMILES string of the molecule is COC(=O)C(CSc1nnc(N)n1C)c1ccccc1. The van der Waals surface area contributed by atoms with E-state index in [1.807, 2.05) is 30.3 Å². The van der Waals surface area contributed by atoms with E-state index in [0.717, 1.165) is 5.56 Å². The number of methoxy groups -OCH3 is 1. The number of esters is 1. The van der Waals surface area contributed by atoms with Crippen LogP contribution in [0.15, 0.2) is 35.5 Å². The van der Waals surface area contributed by atoms with Crippen molar-refractivity contribution in [2.24, 2.45) is 7.05 Å². The van der Waals surface area contributed by atoms with Crippen molar-refractivity contribution >= 4 is 23.7 Å². The highest BCUT2D eigenvalue weighted by Crippen LogP contribution is 2.26. The fourth-order valence-electron chi connectivity index (χ4n) is 1.74. The van der Waals surface area contributed by atoms with Gasteiger partial charge in [0.1, 0.15) is 0 Å². The van der Waals surface area contributed by atoms with E-state index in [4.69, 9.17) is 10.5 Å². The number of aromatic nitrogens is 3. The lowest BCUT2D eigenvalue weighted by atomic mass is 10.0. The molecule has 2 aromatic rings. The normalized spacial score (nSPS) is 12.1. The summed E-state index contributed by atoms with van der Waals surface area (Å²) in [7, 11) is 3.18. The number of nitrogens with two attached hydrogens (primary N) is 1. The monoisotopic (exact) mass is 292 g/mol. The maximum atomic E-state index is 11.9. The zero-order valence-corrected chi connectivity index (χ0v) is 12.1. The third-order valence-electron chi connectivity index (χ3n) is 2.94. The van der Waals surface area contributed by atoms with Crippen molar-refractivity contribution in [3.05, 3.63) is 35.9 Å². The number of carbonyl (C=O) groups is 1. The van der Waals surface area contributed by atoms with E-state index in [9.17, 15) is 4.79 Å². The van der Waals surface area contributed by atoms with Gasteiger partial charge in [0.2, 0.25) is 5.95 Å². The molecule has 1 aromatic carbocycles. The Balaban J connectivity index is 2.13. The van der Waals surface area contributed by atoms with Crippen LogP contribution in [0.3, 0.4) is 0 Å². The summed E-state index contributed by atoms with van der Waals surface area (Å²) >= 11 is 1.42. The van der Waals surface area contributed by atoms with Crippen molar-refractivity contribution in [1.29, 1.82) is 0 Å². The number of rotatable bonds is 5. The molecule has 0 fully saturated rings. The van der Waals surface area contributed by atoms with Crippen LogP contribution < -0.4 is 5.73 Å². The molecule has 0 bridgehead atoms. The molecule has 7 heteroatoms. The molecule has 20 heavy (non-hydrogen) atoms. The van der Waals surface area contributed by atoms with Gasteiger partial charge in [-0.05, 0) is 5.56 Å². The predicted molar refractivity (Wildman–Crippen MR) is 77.3 cm³/mol. The molecule has 1 atom stereocenters. The molecule has 0 radical (unpaired) electrons. The largest absolute Gasteiger partial charge is 0.469 e. The lowest BCUT2D eigenvalue weighted by Gasteiger charge is -2.14. The molecule has 1 unspecified atom stereocenters. The summed E-state index contributed by atoms with van der Waals surface area (Å²) < 4.78 is 6.56. The van der Waals surface area contributed by atoms with E-state index in [1.54, 1.807) is 11.6 Å². The summed E-state index contributed by atoms with van der Waals surface area (Å²) in [6.07, 6.45) is 0. The molecule has 0 aliphatic rings. The van der Waals surface area contributed by atoms with Crippen molar-refractivity contribution in [2.45, 2.75) is 11.1 Å². The summed E-state index contributed by atoms with van der Waals surface area (Å²) in [5.74, 6) is 0.257. The molecule has 0 saturated heterocycles. The van der Waals surface area contributed by atoms with Gasteiger partial charge in [0, 0.05) is 12.8 Å². The van der Waals surface area contributed by atoms with E-state index in [1.165, 1.54) is 18.9 Å². The Labute approximate surface area is 121 Å². The van der Waals surface area contributed by atoms with Crippen LogP contribution in [-0.2, 0) is 16.6 Å². The van der Waals surface area contributed by atoms with Crippen molar-refractivity contribution in [3.63, 3.8) is 0 Å². The van der Waals surface area contributed by atoms with Gasteiger partial charge in [-0.15, -0.1) is 10.2 Å². The molecule has 1 aromatic heterocycles. The highest BCUT2D eigenvalue weighted by Gasteiger charge is 2.22. The zero-order valence-electron chi connectivity index (χ0n) is 11.3. The summed E-state index contributed by atoms with van der Waals surface area (Å²) in [6.45, 7) is 0. The molecule has 2 N–H and O–H groups in total. The molecule has 0 aliphatic carbocycles. The number of nitrogens with zero attached hydrogens (tertiary/aromatic N) is 3. The van der Waals surface area contributed by atoms with E-state index in [2.05, 4.69) is 10.2 Å². The van der Waals surface area contributed by atoms with Crippen LogP contribution in [0.2, 0.25) is 0 Å². The zero-order chi connectivity index (χ0) is 14.5. The van der Waals surface area contributed by atoms with Crippen molar-refractivity contribution in [3.8, 4) is 0 Å². The van der Waals surface area contributed by atoms with Gasteiger partial charge in [0.15, 0.2) is 5.16 Å². The number of thioether (sulfide) groups is 1. The van der Waals surface area contributed by atoms with E-state index < -0.39 is 0 Å². The Morgan fingerprint density at radius 2 is 2.10 bits per heavy atom. The predicted octanol–water partition coefficient (Wildman–Crippen LogP) is 1.45. The van der Waals surface area contributed by atoms with Gasteiger partial charge in [-0.3, -0.25) is 9.36 Å². The molecule has 0 aliphatic heterocycles. The summed E-state index contributed by atoms with van der Waals surface area (Å²) in [5, 5.41) is 8.42. The number of hydrogen-bond acceptors (Lipinski definition) is 6. The highest BCUT2D eigenvalue weighted by molar-refractivity contribution is 7.99. The smallest absolute Gasteiger partial charge is 0.313 e. The second-order valence-electron chi connectivity index (χ2n) is 4.20. The van der Waals surface area contributed by atoms with E-state index >= 15 is 0 Å². The molecule has 1 heterocycles. The molecule has 106 valence electrons. The van der Waals surface area contributed by atoms with Gasteiger partial charge in [-0.25, -0.2) is 0 Å². The quantitative estimate of drug-likeness (QED) is 0.663. The lowest BCUT2D eigenvalue weighted by Crippen LogP contribution is -2.17. The number of ether oxygens (including phenoxy) is 1. The Morgan fingerprint density at radius 3 is 2.65 bits per heavy atom. The maximum absolute atomic E-state index is 11.9. The second-order valence-corrected chi connectivity index (χ2v) is 5.18. The van der Waals surface area contributed by atoms with Gasteiger partial charge < -0.3 is 10.5 Å². The van der Waals surface area contributed by atoms with Crippen LogP contribution >= 0.6 is 11.8 Å². The van der Waals surface area contributed by atoms with Gasteiger partial charge in [-0.1, -0.05) is 42.1 Å². The number of benzene rings is 1. The average molecular weight is 292 g/mol. The first kappa shape index (κ1) is 14.4. The molecule has 0 spiro atoms. The number of nitrogen functional groups attached to an aromatic ring is 1. The Kier molecular flexibility index (Phi) is 4.62. The highest BCUT2D eigenvalue weighted by atomic mass is 32.2. The number of hydrogen-bond donors (Lipinski definition) is 1. The van der Waals surface area contributed by atoms with Crippen LogP contribution in [0, 0.1) is 0 Å². The maximum Gasteiger partial charge on any atom is 0.313 e. The van der Waals surface area contributed by atoms with Gasteiger partial charge >= 0.3 is 5.97 Å². The molecule has 6 nitrogen and oxygen atoms in total. The van der Waals surface area contributed by atoms with Crippen molar-refractivity contribution < 1.29 is 9.53 Å². The average Bonchev–Trinajstić information content (AvgIpc) is 2.80. The minimum Gasteiger partial charge on any atom is -0.469 e. The lowest BCUT2D eigenvalue weighted by molar-refractivity contribution is -0.141. The Morgan fingerprint density at radius 1 is 1.40 bits per heavy atom. The van der Waals surface area contributed by atoms with Gasteiger partial charge in [0.05, 0.1) is 13.0 Å². The van der Waals surface area contributed by atoms with Gasteiger partial charge in [-0.2, -0.15) is 0 Å². The fourth-order valence-corrected chi connectivity index (χ4v) is 2.77. The summed E-state index contributed by atoms with van der Waals surface area (Å²) in [5.41, 5.74) is 6.55. The first-order valence-electron chi connectivity index (χ1n) is 6.04. The third-order valence-corrected chi connectivity index (χ3v) is 4.05. The first-order valence-corrected chi connectivity index (χ1v) is 7.02. The standard InChI is InChI=1S/C13H16N4O2S/c1-17-12(14)15-16-13(17)20-8-10(11(18)19-2)9-6-4-3-5-7-9/h3-7,10H,8H2,1-2H3,(H2,14,15). The third kappa shape index (κ3) is 3.11. The molecular formula is C13H16N4O2S.